The van der Waals surface area contributed by atoms with E-state index in [1.54, 1.807) is 24.3 Å². The van der Waals surface area contributed by atoms with Crippen LogP contribution in [0.1, 0.15) is 35.6 Å². The van der Waals surface area contributed by atoms with Crippen molar-refractivity contribution in [1.29, 1.82) is 0 Å². The van der Waals surface area contributed by atoms with Gasteiger partial charge in [0, 0.05) is 16.6 Å². The smallest absolute Gasteiger partial charge is 0.335 e. The van der Waals surface area contributed by atoms with Crippen molar-refractivity contribution < 1.29 is 24.2 Å². The van der Waals surface area contributed by atoms with Crippen LogP contribution in [0.25, 0.3) is 11.3 Å². The fraction of sp³-hybridized carbons (Fsp3) is 0.250. The molecule has 0 bridgehead atoms. The zero-order valence-corrected chi connectivity index (χ0v) is 19.0. The molecule has 4 rings (SSSR count). The van der Waals surface area contributed by atoms with Crippen molar-refractivity contribution in [2.45, 2.75) is 32.8 Å². The van der Waals surface area contributed by atoms with Gasteiger partial charge in [-0.25, -0.2) is 9.78 Å². The summed E-state index contributed by atoms with van der Waals surface area (Å²) >= 11 is 1.60. The number of ether oxygens (including phenoxy) is 1. The summed E-state index contributed by atoms with van der Waals surface area (Å²) in [5.74, 6) is -1.25. The first-order valence-corrected chi connectivity index (χ1v) is 11.4. The third-order valence-corrected chi connectivity index (χ3v) is 6.10. The monoisotopic (exact) mass is 465 g/mol. The second-order valence-corrected chi connectivity index (χ2v) is 8.62. The molecule has 0 aliphatic carbocycles. The predicted molar refractivity (Wildman–Crippen MR) is 126 cm³/mol. The maximum absolute atomic E-state index is 12.9. The van der Waals surface area contributed by atoms with Crippen LogP contribution in [0.3, 0.4) is 0 Å². The molecule has 0 radical (unpaired) electrons. The molecule has 9 heteroatoms. The first-order valence-electron chi connectivity index (χ1n) is 10.6. The number of nitrogens with one attached hydrogen (secondary N) is 1. The summed E-state index contributed by atoms with van der Waals surface area (Å²) in [6.45, 7) is 3.54. The summed E-state index contributed by atoms with van der Waals surface area (Å²) in [7, 11) is 0. The lowest BCUT2D eigenvalue weighted by Gasteiger charge is -2.32. The van der Waals surface area contributed by atoms with Crippen molar-refractivity contribution in [2.75, 3.05) is 16.8 Å². The zero-order chi connectivity index (χ0) is 23.5. The molecule has 8 nitrogen and oxygen atoms in total. The Kier molecular flexibility index (Phi) is 6.41. The summed E-state index contributed by atoms with van der Waals surface area (Å²) < 4.78 is 5.75. The Morgan fingerprint density at radius 3 is 2.67 bits per heavy atom. The molecule has 170 valence electrons. The molecule has 1 atom stereocenters. The first kappa shape index (κ1) is 22.5. The van der Waals surface area contributed by atoms with Gasteiger partial charge in [0.2, 0.25) is 5.91 Å². The van der Waals surface area contributed by atoms with Crippen molar-refractivity contribution in [3.05, 3.63) is 58.4 Å². The normalized spacial score (nSPS) is 15.0. The molecule has 1 aliphatic rings. The second kappa shape index (κ2) is 9.41. The number of carboxylic acids is 1. The average Bonchev–Trinajstić information content (AvgIpc) is 3.26. The molecular formula is C24H23N3O5S. The third-order valence-electron chi connectivity index (χ3n) is 5.20. The second-order valence-electron chi connectivity index (χ2n) is 7.67. The van der Waals surface area contributed by atoms with Gasteiger partial charge in [-0.15, -0.1) is 11.3 Å². The van der Waals surface area contributed by atoms with Gasteiger partial charge in [0.05, 0.1) is 22.0 Å². The highest BCUT2D eigenvalue weighted by atomic mass is 32.1. The van der Waals surface area contributed by atoms with Crippen molar-refractivity contribution in [3.63, 3.8) is 0 Å². The lowest BCUT2D eigenvalue weighted by Crippen LogP contribution is -2.47. The Hall–Kier alpha value is -3.72. The molecule has 1 unspecified atom stereocenters. The van der Waals surface area contributed by atoms with Crippen LogP contribution in [0.15, 0.2) is 47.8 Å². The van der Waals surface area contributed by atoms with E-state index in [2.05, 4.69) is 17.2 Å². The molecule has 0 saturated heterocycles. The van der Waals surface area contributed by atoms with E-state index in [0.29, 0.717) is 17.1 Å². The van der Waals surface area contributed by atoms with Gasteiger partial charge >= 0.3 is 5.97 Å². The summed E-state index contributed by atoms with van der Waals surface area (Å²) in [5.41, 5.74) is 2.74. The van der Waals surface area contributed by atoms with Gasteiger partial charge in [0.15, 0.2) is 6.10 Å². The molecule has 0 spiro atoms. The van der Waals surface area contributed by atoms with Crippen molar-refractivity contribution in [1.82, 2.24) is 4.98 Å². The van der Waals surface area contributed by atoms with E-state index in [1.807, 2.05) is 17.5 Å². The van der Waals surface area contributed by atoms with Crippen LogP contribution >= 0.6 is 11.3 Å². The number of aromatic carboxylic acids is 1. The SMILES string of the molecule is CCCc1nc(-c2ccc3c(c2)N(CC(=O)Nc2ccc(C(=O)O)cc2)C(=O)C(C)O3)cs1. The summed E-state index contributed by atoms with van der Waals surface area (Å²) in [4.78, 5) is 42.7. The summed E-state index contributed by atoms with van der Waals surface area (Å²) in [5, 5.41) is 14.8. The number of hydrogen-bond donors (Lipinski definition) is 2. The maximum atomic E-state index is 12.9. The molecule has 2 N–H and O–H groups in total. The molecule has 3 aromatic rings. The zero-order valence-electron chi connectivity index (χ0n) is 18.2. The number of benzene rings is 2. The van der Waals surface area contributed by atoms with Crippen molar-refractivity contribution in [3.8, 4) is 17.0 Å². The average molecular weight is 466 g/mol. The number of rotatable bonds is 7. The molecule has 2 amide bonds. The number of amides is 2. The number of nitrogens with zero attached hydrogens (tertiary/aromatic N) is 2. The lowest BCUT2D eigenvalue weighted by molar-refractivity contribution is -0.127. The number of carboxylic acid groups (broad SMARTS) is 1. The van der Waals surface area contributed by atoms with Gasteiger partial charge in [-0.2, -0.15) is 0 Å². The van der Waals surface area contributed by atoms with E-state index in [1.165, 1.54) is 29.2 Å². The van der Waals surface area contributed by atoms with Crippen LogP contribution in [-0.2, 0) is 16.0 Å². The predicted octanol–water partition coefficient (Wildman–Crippen LogP) is 4.21. The molecule has 2 heterocycles. The van der Waals surface area contributed by atoms with Crippen LogP contribution in [-0.4, -0.2) is 40.5 Å². The number of thiazole rings is 1. The van der Waals surface area contributed by atoms with E-state index in [-0.39, 0.29) is 18.0 Å². The molecule has 33 heavy (non-hydrogen) atoms. The van der Waals surface area contributed by atoms with E-state index >= 15 is 0 Å². The number of hydrogen-bond acceptors (Lipinski definition) is 6. The van der Waals surface area contributed by atoms with Crippen LogP contribution in [0.5, 0.6) is 5.75 Å². The molecule has 0 fully saturated rings. The highest BCUT2D eigenvalue weighted by molar-refractivity contribution is 7.09. The Labute approximate surface area is 194 Å². The molecule has 1 aromatic heterocycles. The Morgan fingerprint density at radius 2 is 1.97 bits per heavy atom. The molecule has 0 saturated carbocycles. The minimum absolute atomic E-state index is 0.121. The standard InChI is InChI=1S/C24H23N3O5S/c1-3-4-22-26-18(13-33-22)16-7-10-20-19(11-16)27(23(29)14(2)32-20)12-21(28)25-17-8-5-15(6-9-17)24(30)31/h5-11,13-14H,3-4,12H2,1-2H3,(H,25,28)(H,30,31). The van der Waals surface area contributed by atoms with Gasteiger partial charge < -0.3 is 15.2 Å². The number of anilines is 2. The Bertz CT molecular complexity index is 1210. The van der Waals surface area contributed by atoms with E-state index in [0.717, 1.165) is 29.1 Å². The molecule has 2 aromatic carbocycles. The van der Waals surface area contributed by atoms with Gasteiger partial charge in [-0.05, 0) is 62.2 Å². The highest BCUT2D eigenvalue weighted by Crippen LogP contribution is 2.37. The topological polar surface area (TPSA) is 109 Å². The number of carbonyl (C=O) groups is 3. The maximum Gasteiger partial charge on any atom is 0.335 e. The first-order chi connectivity index (χ1) is 15.9. The fourth-order valence-electron chi connectivity index (χ4n) is 3.54. The van der Waals surface area contributed by atoms with Crippen LogP contribution in [0, 0.1) is 0 Å². The van der Waals surface area contributed by atoms with Gasteiger partial charge in [0.25, 0.3) is 5.91 Å². The van der Waals surface area contributed by atoms with Crippen LogP contribution in [0.4, 0.5) is 11.4 Å². The Morgan fingerprint density at radius 1 is 1.21 bits per heavy atom. The minimum atomic E-state index is -1.05. The van der Waals surface area contributed by atoms with Crippen molar-refractivity contribution in [2.24, 2.45) is 0 Å². The number of carbonyl (C=O) groups excluding carboxylic acids is 2. The molecule has 1 aliphatic heterocycles. The van der Waals surface area contributed by atoms with E-state index in [9.17, 15) is 14.4 Å². The van der Waals surface area contributed by atoms with Crippen LogP contribution in [0.2, 0.25) is 0 Å². The van der Waals surface area contributed by atoms with E-state index < -0.39 is 18.0 Å². The van der Waals surface area contributed by atoms with E-state index in [4.69, 9.17) is 9.84 Å². The minimum Gasteiger partial charge on any atom is -0.479 e. The quantitative estimate of drug-likeness (QED) is 0.541. The summed E-state index contributed by atoms with van der Waals surface area (Å²) in [6, 6.07) is 11.3. The number of fused-ring (bicyclic) bond motifs is 1. The lowest BCUT2D eigenvalue weighted by atomic mass is 10.1. The van der Waals surface area contributed by atoms with Crippen LogP contribution < -0.4 is 15.0 Å². The summed E-state index contributed by atoms with van der Waals surface area (Å²) in [6.07, 6.45) is 1.20. The van der Waals surface area contributed by atoms with Gasteiger partial charge in [-0.1, -0.05) is 6.92 Å². The number of aromatic nitrogens is 1. The highest BCUT2D eigenvalue weighted by Gasteiger charge is 2.33. The number of aryl methyl sites for hydroxylation is 1. The fourth-order valence-corrected chi connectivity index (χ4v) is 4.45. The van der Waals surface area contributed by atoms with Crippen molar-refractivity contribution >= 4 is 40.5 Å². The Balaban J connectivity index is 1.57. The molecular weight excluding hydrogens is 442 g/mol. The largest absolute Gasteiger partial charge is 0.479 e. The van der Waals surface area contributed by atoms with Gasteiger partial charge in [0.1, 0.15) is 12.3 Å². The van der Waals surface area contributed by atoms with Gasteiger partial charge in [-0.3, -0.25) is 14.5 Å². The third kappa shape index (κ3) is 4.88.